The van der Waals surface area contributed by atoms with Gasteiger partial charge >= 0.3 is 0 Å². The molecule has 1 spiro atoms. The lowest BCUT2D eigenvalue weighted by molar-refractivity contribution is 0.0307. The highest BCUT2D eigenvalue weighted by Gasteiger charge is 2.47. The van der Waals surface area contributed by atoms with Gasteiger partial charge in [0.2, 0.25) is 0 Å². The van der Waals surface area contributed by atoms with E-state index in [1.165, 1.54) is 30.7 Å². The van der Waals surface area contributed by atoms with Crippen molar-refractivity contribution >= 4 is 33.3 Å². The minimum Gasteiger partial charge on any atom is -0.353 e. The summed E-state index contributed by atoms with van der Waals surface area (Å²) in [5.41, 5.74) is 1.18. The molecule has 2 fully saturated rings. The van der Waals surface area contributed by atoms with Gasteiger partial charge < -0.3 is 4.90 Å². The number of hydrogen-bond donors (Lipinski definition) is 0. The highest BCUT2D eigenvalue weighted by atomic mass is 32.1. The summed E-state index contributed by atoms with van der Waals surface area (Å²) in [7, 11) is 2.21. The molecule has 6 heteroatoms. The van der Waals surface area contributed by atoms with Crippen molar-refractivity contribution < 1.29 is 4.79 Å². The van der Waals surface area contributed by atoms with Crippen molar-refractivity contribution in [3.63, 3.8) is 0 Å². The lowest BCUT2D eigenvalue weighted by Crippen LogP contribution is -2.59. The average Bonchev–Trinajstić information content (AvgIpc) is 3.10. The van der Waals surface area contributed by atoms with Gasteiger partial charge in [-0.3, -0.25) is 9.69 Å². The van der Waals surface area contributed by atoms with Crippen LogP contribution in [0.2, 0.25) is 0 Å². The second-order valence-corrected chi connectivity index (χ2v) is 7.18. The predicted molar refractivity (Wildman–Crippen MR) is 84.2 cm³/mol. The van der Waals surface area contributed by atoms with Crippen LogP contribution >= 0.6 is 11.3 Å². The Morgan fingerprint density at radius 2 is 2.19 bits per heavy atom. The number of thiophene rings is 1. The quantitative estimate of drug-likeness (QED) is 0.796. The van der Waals surface area contributed by atoms with Crippen molar-refractivity contribution in [3.8, 4) is 0 Å². The topological polar surface area (TPSA) is 49.3 Å². The molecule has 0 saturated carbocycles. The molecule has 110 valence electrons. The van der Waals surface area contributed by atoms with Crippen LogP contribution in [0.1, 0.15) is 29.4 Å². The summed E-state index contributed by atoms with van der Waals surface area (Å²) >= 11 is 1.44. The van der Waals surface area contributed by atoms with E-state index in [2.05, 4.69) is 21.8 Å². The van der Waals surface area contributed by atoms with Gasteiger partial charge in [0.15, 0.2) is 5.78 Å². The molecule has 2 saturated heterocycles. The molecule has 2 aliphatic heterocycles. The summed E-state index contributed by atoms with van der Waals surface area (Å²) in [4.78, 5) is 27.0. The Hall–Kier alpha value is -1.53. The molecule has 21 heavy (non-hydrogen) atoms. The van der Waals surface area contributed by atoms with Crippen molar-refractivity contribution in [2.45, 2.75) is 25.3 Å². The Kier molecular flexibility index (Phi) is 2.81. The lowest BCUT2D eigenvalue weighted by atomic mass is 9.85. The Labute approximate surface area is 127 Å². The number of rotatable bonds is 2. The first kappa shape index (κ1) is 13.2. The van der Waals surface area contributed by atoms with Gasteiger partial charge in [-0.15, -0.1) is 11.3 Å². The fourth-order valence-electron chi connectivity index (χ4n) is 3.35. The monoisotopic (exact) mass is 302 g/mol. The zero-order valence-electron chi connectivity index (χ0n) is 12.3. The van der Waals surface area contributed by atoms with Crippen LogP contribution in [0.15, 0.2) is 12.3 Å². The number of fused-ring (bicyclic) bond motifs is 1. The zero-order chi connectivity index (χ0) is 14.6. The molecule has 0 N–H and O–H groups in total. The molecule has 0 aromatic carbocycles. The Bertz CT molecular complexity index is 728. The molecule has 2 aromatic heterocycles. The minimum atomic E-state index is 0.0811. The van der Waals surface area contributed by atoms with Crippen LogP contribution in [0.25, 0.3) is 10.3 Å². The Morgan fingerprint density at radius 1 is 1.38 bits per heavy atom. The van der Waals surface area contributed by atoms with Crippen molar-refractivity contribution in [1.82, 2.24) is 14.9 Å². The summed E-state index contributed by atoms with van der Waals surface area (Å²) < 4.78 is 0. The van der Waals surface area contributed by atoms with Crippen molar-refractivity contribution in [1.29, 1.82) is 0 Å². The van der Waals surface area contributed by atoms with Crippen molar-refractivity contribution in [3.05, 3.63) is 17.1 Å². The van der Waals surface area contributed by atoms with E-state index in [0.717, 1.165) is 34.1 Å². The number of carbonyl (C=O) groups excluding carboxylic acids is 1. The summed E-state index contributed by atoms with van der Waals surface area (Å²) in [5, 5.41) is 0. The maximum absolute atomic E-state index is 11.5. The van der Waals surface area contributed by atoms with Crippen molar-refractivity contribution in [2.75, 3.05) is 31.6 Å². The second-order valence-electron chi connectivity index (χ2n) is 6.15. The summed E-state index contributed by atoms with van der Waals surface area (Å²) in [6.45, 7) is 4.86. The first-order valence-corrected chi connectivity index (χ1v) is 8.13. The fourth-order valence-corrected chi connectivity index (χ4v) is 4.23. The number of anilines is 1. The number of likely N-dealkylation sites (tertiary alicyclic amines) is 1. The van der Waals surface area contributed by atoms with E-state index in [1.54, 1.807) is 6.92 Å². The van der Waals surface area contributed by atoms with Crippen LogP contribution < -0.4 is 4.90 Å². The van der Waals surface area contributed by atoms with Crippen LogP contribution in [-0.4, -0.2) is 52.9 Å². The highest BCUT2D eigenvalue weighted by Crippen LogP contribution is 2.39. The third-order valence-electron chi connectivity index (χ3n) is 4.95. The number of nitrogens with zero attached hydrogens (tertiary/aromatic N) is 4. The Morgan fingerprint density at radius 3 is 2.81 bits per heavy atom. The molecule has 0 amide bonds. The van der Waals surface area contributed by atoms with E-state index in [1.807, 2.05) is 12.3 Å². The van der Waals surface area contributed by atoms with Crippen LogP contribution in [-0.2, 0) is 0 Å². The SMILES string of the molecule is CC(=O)c1cc2ncc(N3CC[C@]4(CCN4C)C3)nc2s1. The molecule has 4 rings (SSSR count). The largest absolute Gasteiger partial charge is 0.353 e. The molecular formula is C15H18N4OS. The minimum absolute atomic E-state index is 0.0811. The van der Waals surface area contributed by atoms with Gasteiger partial charge in [0.1, 0.15) is 16.2 Å². The zero-order valence-corrected chi connectivity index (χ0v) is 13.1. The third-order valence-corrected chi connectivity index (χ3v) is 6.07. The van der Waals surface area contributed by atoms with E-state index >= 15 is 0 Å². The molecule has 2 aliphatic rings. The van der Waals surface area contributed by atoms with Gasteiger partial charge in [-0.2, -0.15) is 0 Å². The number of aromatic nitrogens is 2. The molecule has 0 aliphatic carbocycles. The van der Waals surface area contributed by atoms with Gasteiger partial charge in [-0.25, -0.2) is 9.97 Å². The average molecular weight is 302 g/mol. The van der Waals surface area contributed by atoms with E-state index < -0.39 is 0 Å². The Balaban J connectivity index is 1.63. The first-order valence-electron chi connectivity index (χ1n) is 7.31. The van der Waals surface area contributed by atoms with Crippen LogP contribution in [0.4, 0.5) is 5.82 Å². The predicted octanol–water partition coefficient (Wildman–Crippen LogP) is 2.18. The van der Waals surface area contributed by atoms with Gasteiger partial charge in [0.05, 0.1) is 11.1 Å². The number of ketones is 1. The van der Waals surface area contributed by atoms with E-state index in [0.29, 0.717) is 5.54 Å². The number of hydrogen-bond acceptors (Lipinski definition) is 6. The summed E-state index contributed by atoms with van der Waals surface area (Å²) in [6.07, 6.45) is 4.33. The van der Waals surface area contributed by atoms with E-state index in [4.69, 9.17) is 4.98 Å². The lowest BCUT2D eigenvalue weighted by Gasteiger charge is -2.48. The molecule has 2 aromatic rings. The molecule has 4 heterocycles. The van der Waals surface area contributed by atoms with Gasteiger partial charge in [0, 0.05) is 25.2 Å². The normalized spacial score (nSPS) is 25.7. The van der Waals surface area contributed by atoms with Gasteiger partial charge in [-0.05, 0) is 32.9 Å². The smallest absolute Gasteiger partial charge is 0.169 e. The molecular weight excluding hydrogens is 284 g/mol. The molecule has 0 unspecified atom stereocenters. The van der Waals surface area contributed by atoms with Crippen LogP contribution in [0.3, 0.4) is 0 Å². The van der Waals surface area contributed by atoms with Crippen LogP contribution in [0.5, 0.6) is 0 Å². The van der Waals surface area contributed by atoms with E-state index in [9.17, 15) is 4.79 Å². The summed E-state index contributed by atoms with van der Waals surface area (Å²) in [6, 6.07) is 1.84. The summed E-state index contributed by atoms with van der Waals surface area (Å²) in [5.74, 6) is 1.02. The molecule has 1 atom stereocenters. The van der Waals surface area contributed by atoms with Crippen LogP contribution in [0, 0.1) is 0 Å². The van der Waals surface area contributed by atoms with E-state index in [-0.39, 0.29) is 5.78 Å². The standard InChI is InChI=1S/C15H18N4OS/c1-10(20)12-7-11-14(21-12)17-13(8-16-11)19-6-4-15(9-19)3-5-18(15)2/h7-8H,3-6,9H2,1-2H3/t15-/m1/s1. The van der Waals surface area contributed by atoms with Crippen molar-refractivity contribution in [2.24, 2.45) is 0 Å². The third kappa shape index (κ3) is 1.97. The maximum Gasteiger partial charge on any atom is 0.169 e. The number of likely N-dealkylation sites (N-methyl/N-ethyl adjacent to an activating group) is 1. The number of Topliss-reactive ketones (excluding diaryl/α,β-unsaturated/α-hetero) is 1. The van der Waals surface area contributed by atoms with Gasteiger partial charge in [0.25, 0.3) is 0 Å². The molecule has 5 nitrogen and oxygen atoms in total. The first-order chi connectivity index (χ1) is 10.1. The highest BCUT2D eigenvalue weighted by molar-refractivity contribution is 7.20. The second kappa shape index (κ2) is 4.48. The molecule has 0 radical (unpaired) electrons. The fraction of sp³-hybridized carbons (Fsp3) is 0.533. The van der Waals surface area contributed by atoms with Gasteiger partial charge in [-0.1, -0.05) is 0 Å². The maximum atomic E-state index is 11.5. The number of carbonyl (C=O) groups is 1. The molecule has 0 bridgehead atoms.